The van der Waals surface area contributed by atoms with Gasteiger partial charge in [0.25, 0.3) is 0 Å². The third-order valence-electron chi connectivity index (χ3n) is 2.34. The van der Waals surface area contributed by atoms with Crippen molar-refractivity contribution in [3.05, 3.63) is 28.8 Å². The molecule has 2 N–H and O–H groups in total. The third-order valence-corrected chi connectivity index (χ3v) is 2.63. The van der Waals surface area contributed by atoms with Crippen LogP contribution in [0.4, 0.5) is 0 Å². The molecule has 0 saturated heterocycles. The van der Waals surface area contributed by atoms with Gasteiger partial charge >= 0.3 is 0 Å². The normalized spacial score (nSPS) is 11.9. The van der Waals surface area contributed by atoms with E-state index in [-0.39, 0.29) is 12.6 Å². The lowest BCUT2D eigenvalue weighted by molar-refractivity contribution is 0.363. The van der Waals surface area contributed by atoms with Crippen molar-refractivity contribution in [1.29, 1.82) is 5.26 Å². The second kappa shape index (κ2) is 6.37. The van der Waals surface area contributed by atoms with Crippen LogP contribution in [0.25, 0.3) is 0 Å². The van der Waals surface area contributed by atoms with E-state index in [1.54, 1.807) is 6.07 Å². The monoisotopic (exact) mass is 238 g/mol. The van der Waals surface area contributed by atoms with Gasteiger partial charge in [0.05, 0.1) is 5.02 Å². The number of ether oxygens (including phenoxy) is 1. The zero-order chi connectivity index (χ0) is 12.0. The number of rotatable bonds is 5. The van der Waals surface area contributed by atoms with Crippen molar-refractivity contribution in [2.24, 2.45) is 5.73 Å². The SMILES string of the molecule is CCC(N)Cc1cccc(Cl)c1OCC#N. The van der Waals surface area contributed by atoms with E-state index in [9.17, 15) is 0 Å². The smallest absolute Gasteiger partial charge is 0.174 e. The summed E-state index contributed by atoms with van der Waals surface area (Å²) < 4.78 is 5.31. The van der Waals surface area contributed by atoms with E-state index in [0.29, 0.717) is 17.2 Å². The molecule has 0 heterocycles. The van der Waals surface area contributed by atoms with Gasteiger partial charge in [-0.25, -0.2) is 0 Å². The lowest BCUT2D eigenvalue weighted by Gasteiger charge is -2.14. The molecule has 1 aromatic carbocycles. The minimum Gasteiger partial charge on any atom is -0.477 e. The minimum atomic E-state index is -0.00189. The van der Waals surface area contributed by atoms with Crippen LogP contribution in [-0.2, 0) is 6.42 Å². The second-order valence-electron chi connectivity index (χ2n) is 3.55. The molecule has 0 saturated carbocycles. The highest BCUT2D eigenvalue weighted by atomic mass is 35.5. The van der Waals surface area contributed by atoms with Gasteiger partial charge < -0.3 is 10.5 Å². The molecule has 1 aromatic rings. The summed E-state index contributed by atoms with van der Waals surface area (Å²) in [5.74, 6) is 0.578. The number of halogens is 1. The Morgan fingerprint density at radius 2 is 2.31 bits per heavy atom. The molecule has 0 aromatic heterocycles. The van der Waals surface area contributed by atoms with Gasteiger partial charge in [0.2, 0.25) is 0 Å². The molecule has 1 atom stereocenters. The number of nitrogens with two attached hydrogens (primary N) is 1. The average molecular weight is 239 g/mol. The van der Waals surface area contributed by atoms with E-state index < -0.39 is 0 Å². The largest absolute Gasteiger partial charge is 0.477 e. The summed E-state index contributed by atoms with van der Waals surface area (Å²) in [6.45, 7) is 2.03. The maximum Gasteiger partial charge on any atom is 0.174 e. The summed E-state index contributed by atoms with van der Waals surface area (Å²) in [6, 6.07) is 7.54. The van der Waals surface area contributed by atoms with Crippen molar-refractivity contribution >= 4 is 11.6 Å². The van der Waals surface area contributed by atoms with Gasteiger partial charge in [-0.05, 0) is 24.5 Å². The summed E-state index contributed by atoms with van der Waals surface area (Å²) in [5.41, 5.74) is 6.84. The molecule has 3 nitrogen and oxygen atoms in total. The van der Waals surface area contributed by atoms with E-state index in [1.807, 2.05) is 25.1 Å². The molecule has 0 bridgehead atoms. The molecule has 16 heavy (non-hydrogen) atoms. The number of hydrogen-bond donors (Lipinski definition) is 1. The predicted molar refractivity (Wildman–Crippen MR) is 64.5 cm³/mol. The molecule has 0 fully saturated rings. The van der Waals surface area contributed by atoms with Crippen LogP contribution in [0, 0.1) is 11.3 Å². The zero-order valence-corrected chi connectivity index (χ0v) is 10.00. The highest BCUT2D eigenvalue weighted by Gasteiger charge is 2.11. The summed E-state index contributed by atoms with van der Waals surface area (Å²) in [5, 5.41) is 9.02. The summed E-state index contributed by atoms with van der Waals surface area (Å²) in [4.78, 5) is 0. The lowest BCUT2D eigenvalue weighted by Crippen LogP contribution is -2.21. The highest BCUT2D eigenvalue weighted by molar-refractivity contribution is 6.32. The fourth-order valence-electron chi connectivity index (χ4n) is 1.41. The number of benzene rings is 1. The van der Waals surface area contributed by atoms with Crippen LogP contribution in [0.3, 0.4) is 0 Å². The molecule has 86 valence electrons. The first-order valence-electron chi connectivity index (χ1n) is 5.21. The van der Waals surface area contributed by atoms with Gasteiger partial charge in [-0.3, -0.25) is 0 Å². The average Bonchev–Trinajstić information content (AvgIpc) is 2.28. The third kappa shape index (κ3) is 3.41. The molecule has 0 amide bonds. The molecular formula is C12H15ClN2O. The van der Waals surface area contributed by atoms with E-state index in [0.717, 1.165) is 12.0 Å². The topological polar surface area (TPSA) is 59.0 Å². The Hall–Kier alpha value is -1.24. The summed E-state index contributed by atoms with van der Waals surface area (Å²) in [7, 11) is 0. The Morgan fingerprint density at radius 3 is 2.94 bits per heavy atom. The van der Waals surface area contributed by atoms with Crippen molar-refractivity contribution in [1.82, 2.24) is 0 Å². The van der Waals surface area contributed by atoms with E-state index in [1.165, 1.54) is 0 Å². The molecule has 0 aliphatic carbocycles. The van der Waals surface area contributed by atoms with Crippen LogP contribution >= 0.6 is 11.6 Å². The Balaban J connectivity index is 2.89. The first-order valence-corrected chi connectivity index (χ1v) is 5.59. The van der Waals surface area contributed by atoms with Crippen molar-refractivity contribution in [3.63, 3.8) is 0 Å². The quantitative estimate of drug-likeness (QED) is 0.858. The molecule has 1 unspecified atom stereocenters. The van der Waals surface area contributed by atoms with Crippen molar-refractivity contribution in [2.75, 3.05) is 6.61 Å². The number of hydrogen-bond acceptors (Lipinski definition) is 3. The van der Waals surface area contributed by atoms with E-state index >= 15 is 0 Å². The Bertz CT molecular complexity index is 387. The maximum absolute atomic E-state index is 8.49. The van der Waals surface area contributed by atoms with E-state index in [4.69, 9.17) is 27.3 Å². The van der Waals surface area contributed by atoms with E-state index in [2.05, 4.69) is 0 Å². The standard InChI is InChI=1S/C12H15ClN2O/c1-2-10(15)8-9-4-3-5-11(13)12(9)16-7-6-14/h3-5,10H,2,7-8,15H2,1H3. The fraction of sp³-hybridized carbons (Fsp3) is 0.417. The molecule has 0 aliphatic rings. The molecule has 1 rings (SSSR count). The molecule has 4 heteroatoms. The van der Waals surface area contributed by atoms with Gasteiger partial charge in [0.1, 0.15) is 11.8 Å². The predicted octanol–water partition coefficient (Wildman–Crippen LogP) is 2.52. The van der Waals surface area contributed by atoms with Gasteiger partial charge in [-0.1, -0.05) is 30.7 Å². The van der Waals surface area contributed by atoms with Gasteiger partial charge in [0.15, 0.2) is 6.61 Å². The van der Waals surface area contributed by atoms with Crippen LogP contribution in [0.15, 0.2) is 18.2 Å². The van der Waals surface area contributed by atoms with Crippen LogP contribution in [0.1, 0.15) is 18.9 Å². The van der Waals surface area contributed by atoms with Crippen LogP contribution in [0.5, 0.6) is 5.75 Å². The van der Waals surface area contributed by atoms with Crippen molar-refractivity contribution in [3.8, 4) is 11.8 Å². The van der Waals surface area contributed by atoms with Gasteiger partial charge in [0, 0.05) is 6.04 Å². The summed E-state index contributed by atoms with van der Waals surface area (Å²) >= 11 is 6.02. The molecular weight excluding hydrogens is 224 g/mol. The summed E-state index contributed by atoms with van der Waals surface area (Å²) in [6.07, 6.45) is 1.60. The Labute approximate surface area is 101 Å². The number of para-hydroxylation sites is 1. The first-order chi connectivity index (χ1) is 7.69. The van der Waals surface area contributed by atoms with Crippen molar-refractivity contribution in [2.45, 2.75) is 25.8 Å². The highest BCUT2D eigenvalue weighted by Crippen LogP contribution is 2.29. The van der Waals surface area contributed by atoms with Crippen LogP contribution in [0.2, 0.25) is 5.02 Å². The lowest BCUT2D eigenvalue weighted by atomic mass is 10.0. The minimum absolute atomic E-state index is 0.00189. The first kappa shape index (κ1) is 12.8. The fourth-order valence-corrected chi connectivity index (χ4v) is 1.66. The number of nitriles is 1. The van der Waals surface area contributed by atoms with Crippen LogP contribution in [-0.4, -0.2) is 12.6 Å². The maximum atomic E-state index is 8.49. The number of nitrogens with zero attached hydrogens (tertiary/aromatic N) is 1. The molecule has 0 radical (unpaired) electrons. The Kier molecular flexibility index (Phi) is 5.10. The molecule has 0 aliphatic heterocycles. The molecule has 0 spiro atoms. The van der Waals surface area contributed by atoms with Gasteiger partial charge in [-0.15, -0.1) is 0 Å². The van der Waals surface area contributed by atoms with Crippen LogP contribution < -0.4 is 10.5 Å². The Morgan fingerprint density at radius 1 is 1.56 bits per heavy atom. The zero-order valence-electron chi connectivity index (χ0n) is 9.24. The second-order valence-corrected chi connectivity index (χ2v) is 3.95. The van der Waals surface area contributed by atoms with Gasteiger partial charge in [-0.2, -0.15) is 5.26 Å². The van der Waals surface area contributed by atoms with Crippen molar-refractivity contribution < 1.29 is 4.74 Å².